The predicted octanol–water partition coefficient (Wildman–Crippen LogP) is -0.110. The summed E-state index contributed by atoms with van der Waals surface area (Å²) >= 11 is 0.895. The Morgan fingerprint density at radius 3 is 2.48 bits per heavy atom. The van der Waals surface area contributed by atoms with Crippen molar-refractivity contribution in [1.82, 2.24) is 5.32 Å². The predicted molar refractivity (Wildman–Crippen MR) is 99.5 cm³/mol. The number of carbonyl (C=O) groups excluding carboxylic acids is 1. The van der Waals surface area contributed by atoms with Crippen molar-refractivity contribution >= 4 is 54.7 Å². The fourth-order valence-electron chi connectivity index (χ4n) is 2.06. The van der Waals surface area contributed by atoms with Gasteiger partial charge in [-0.05, 0) is 12.1 Å². The lowest BCUT2D eigenvalue weighted by Crippen LogP contribution is -2.26. The maximum Gasteiger partial charge on any atom is 0.305 e. The van der Waals surface area contributed by atoms with Crippen molar-refractivity contribution < 1.29 is 31.5 Å². The van der Waals surface area contributed by atoms with Crippen LogP contribution < -0.4 is 5.32 Å². The molecule has 1 aromatic rings. The number of carbonyl (C=O) groups is 2. The average molecular weight is 433 g/mol. The summed E-state index contributed by atoms with van der Waals surface area (Å²) in [6.45, 7) is 0. The molecule has 1 saturated heterocycles. The van der Waals surface area contributed by atoms with Crippen LogP contribution in [0, 0.1) is 0 Å². The fraction of sp³-hybridized carbons (Fsp3) is 0.286. The quantitative estimate of drug-likeness (QED) is 0.464. The van der Waals surface area contributed by atoms with Gasteiger partial charge in [-0.25, -0.2) is 16.8 Å². The molecular formula is C14H15N3O7S3. The third kappa shape index (κ3) is 5.61. The molecule has 1 aliphatic heterocycles. The van der Waals surface area contributed by atoms with Crippen LogP contribution in [-0.4, -0.2) is 63.0 Å². The molecule has 1 atom stereocenters. The molecule has 0 spiro atoms. The van der Waals surface area contributed by atoms with Gasteiger partial charge in [0.25, 0.3) is 0 Å². The molecule has 1 heterocycles. The number of carboxylic acids is 1. The summed E-state index contributed by atoms with van der Waals surface area (Å²) in [5, 5.41) is 17.8. The van der Waals surface area contributed by atoms with Gasteiger partial charge in [0.15, 0.2) is 24.8 Å². The monoisotopic (exact) mass is 433 g/mol. The SMILES string of the molecule is CS(=O)(=O)c1ccc(C=NN=C2NC(=O)C(CC(=O)O)S2)c(S(C)(=O)=O)c1. The van der Waals surface area contributed by atoms with Crippen molar-refractivity contribution in [3.63, 3.8) is 0 Å². The zero-order valence-corrected chi connectivity index (χ0v) is 16.6. The lowest BCUT2D eigenvalue weighted by molar-refractivity contribution is -0.138. The molecule has 2 rings (SSSR count). The lowest BCUT2D eigenvalue weighted by Gasteiger charge is -2.06. The standard InChI is InChI=1S/C14H15N3O7S3/c1-26(21,22)9-4-3-8(11(5-9)27(2,23)24)7-15-17-14-16-13(20)10(25-14)6-12(18)19/h3-5,7,10H,6H2,1-2H3,(H,18,19)(H,16,17,20). The van der Waals surface area contributed by atoms with Crippen LogP contribution in [0.3, 0.4) is 0 Å². The smallest absolute Gasteiger partial charge is 0.305 e. The summed E-state index contributed by atoms with van der Waals surface area (Å²) in [6.07, 6.45) is 2.62. The molecule has 0 aromatic heterocycles. The summed E-state index contributed by atoms with van der Waals surface area (Å²) in [5.41, 5.74) is 0.116. The van der Waals surface area contributed by atoms with Crippen LogP contribution in [0.2, 0.25) is 0 Å². The number of aliphatic carboxylic acids is 1. The molecule has 0 bridgehead atoms. The molecule has 27 heavy (non-hydrogen) atoms. The molecule has 0 aliphatic carbocycles. The summed E-state index contributed by atoms with van der Waals surface area (Å²) in [5.74, 6) is -1.64. The zero-order chi connectivity index (χ0) is 20.4. The van der Waals surface area contributed by atoms with Crippen LogP contribution in [0.4, 0.5) is 0 Å². The van der Waals surface area contributed by atoms with E-state index in [4.69, 9.17) is 5.11 Å². The zero-order valence-electron chi connectivity index (χ0n) is 14.1. The van der Waals surface area contributed by atoms with Gasteiger partial charge in [0, 0.05) is 18.1 Å². The number of thioether (sulfide) groups is 1. The average Bonchev–Trinajstić information content (AvgIpc) is 2.84. The first kappa shape index (κ1) is 21.1. The van der Waals surface area contributed by atoms with Crippen LogP contribution >= 0.6 is 11.8 Å². The Balaban J connectivity index is 2.30. The molecule has 0 radical (unpaired) electrons. The molecule has 1 aromatic carbocycles. The Labute approximate surface area is 159 Å². The largest absolute Gasteiger partial charge is 0.481 e. The van der Waals surface area contributed by atoms with Gasteiger partial charge in [0.1, 0.15) is 5.25 Å². The van der Waals surface area contributed by atoms with Gasteiger partial charge < -0.3 is 10.4 Å². The van der Waals surface area contributed by atoms with E-state index in [-0.39, 0.29) is 26.9 Å². The molecular weight excluding hydrogens is 418 g/mol. The minimum absolute atomic E-state index is 0.0798. The number of carboxylic acid groups (broad SMARTS) is 1. The maximum atomic E-state index is 11.9. The highest BCUT2D eigenvalue weighted by Crippen LogP contribution is 2.23. The Kier molecular flexibility index (Phi) is 6.07. The summed E-state index contributed by atoms with van der Waals surface area (Å²) in [4.78, 5) is 21.9. The second kappa shape index (κ2) is 7.78. The van der Waals surface area contributed by atoms with Crippen LogP contribution in [0.25, 0.3) is 0 Å². The Hall–Kier alpha value is -2.25. The van der Waals surface area contributed by atoms with Crippen LogP contribution in [0.15, 0.2) is 38.2 Å². The van der Waals surface area contributed by atoms with E-state index in [9.17, 15) is 26.4 Å². The summed E-state index contributed by atoms with van der Waals surface area (Å²) in [7, 11) is -7.33. The number of sulfone groups is 2. The van der Waals surface area contributed by atoms with Crippen molar-refractivity contribution in [3.05, 3.63) is 23.8 Å². The second-order valence-electron chi connectivity index (χ2n) is 5.59. The number of hydrogen-bond acceptors (Lipinski definition) is 9. The highest BCUT2D eigenvalue weighted by Gasteiger charge is 2.32. The molecule has 146 valence electrons. The highest BCUT2D eigenvalue weighted by molar-refractivity contribution is 8.15. The van der Waals surface area contributed by atoms with E-state index in [1.807, 2.05) is 0 Å². The minimum Gasteiger partial charge on any atom is -0.481 e. The number of amidine groups is 1. The van der Waals surface area contributed by atoms with Crippen molar-refractivity contribution in [3.8, 4) is 0 Å². The highest BCUT2D eigenvalue weighted by atomic mass is 32.2. The Morgan fingerprint density at radius 1 is 1.26 bits per heavy atom. The Bertz CT molecular complexity index is 1060. The van der Waals surface area contributed by atoms with E-state index in [1.165, 1.54) is 12.1 Å². The van der Waals surface area contributed by atoms with E-state index in [1.54, 1.807) is 0 Å². The summed E-state index contributed by atoms with van der Waals surface area (Å²) < 4.78 is 47.1. The molecule has 1 aliphatic rings. The van der Waals surface area contributed by atoms with Crippen LogP contribution in [0.1, 0.15) is 12.0 Å². The van der Waals surface area contributed by atoms with Gasteiger partial charge in [0.2, 0.25) is 5.91 Å². The van der Waals surface area contributed by atoms with E-state index >= 15 is 0 Å². The van der Waals surface area contributed by atoms with Gasteiger partial charge in [-0.15, -0.1) is 5.10 Å². The molecule has 1 unspecified atom stereocenters. The molecule has 0 saturated carbocycles. The van der Waals surface area contributed by atoms with E-state index in [0.717, 1.165) is 36.6 Å². The number of hydrogen-bond donors (Lipinski definition) is 2. The number of amides is 1. The number of nitrogens with one attached hydrogen (secondary N) is 1. The second-order valence-corrected chi connectivity index (χ2v) is 10.8. The number of nitrogens with zero attached hydrogens (tertiary/aromatic N) is 2. The third-order valence-corrected chi connectivity index (χ3v) is 6.63. The molecule has 10 nitrogen and oxygen atoms in total. The van der Waals surface area contributed by atoms with Crippen molar-refractivity contribution in [2.75, 3.05) is 12.5 Å². The van der Waals surface area contributed by atoms with Crippen molar-refractivity contribution in [2.45, 2.75) is 21.5 Å². The van der Waals surface area contributed by atoms with Gasteiger partial charge in [-0.2, -0.15) is 5.10 Å². The van der Waals surface area contributed by atoms with Gasteiger partial charge in [-0.1, -0.05) is 17.8 Å². The first-order valence-corrected chi connectivity index (χ1v) is 11.9. The van der Waals surface area contributed by atoms with E-state index in [0.29, 0.717) is 0 Å². The van der Waals surface area contributed by atoms with Gasteiger partial charge in [-0.3, -0.25) is 9.59 Å². The van der Waals surface area contributed by atoms with Gasteiger partial charge >= 0.3 is 5.97 Å². The normalized spacial score (nSPS) is 19.6. The summed E-state index contributed by atoms with van der Waals surface area (Å²) in [6, 6.07) is 3.56. The van der Waals surface area contributed by atoms with Crippen LogP contribution in [-0.2, 0) is 29.3 Å². The van der Waals surface area contributed by atoms with E-state index < -0.39 is 36.8 Å². The Morgan fingerprint density at radius 2 is 1.93 bits per heavy atom. The first-order chi connectivity index (χ1) is 12.4. The minimum atomic E-state index is -3.74. The third-order valence-electron chi connectivity index (χ3n) is 3.29. The lowest BCUT2D eigenvalue weighted by atomic mass is 10.2. The fourth-order valence-corrected chi connectivity index (χ4v) is 4.59. The molecule has 13 heteroatoms. The molecule has 1 fully saturated rings. The number of rotatable bonds is 6. The molecule has 2 N–H and O–H groups in total. The van der Waals surface area contributed by atoms with Crippen molar-refractivity contribution in [2.24, 2.45) is 10.2 Å². The van der Waals surface area contributed by atoms with E-state index in [2.05, 4.69) is 15.5 Å². The van der Waals surface area contributed by atoms with Gasteiger partial charge in [0.05, 0.1) is 22.4 Å². The van der Waals surface area contributed by atoms with Crippen LogP contribution in [0.5, 0.6) is 0 Å². The topological polar surface area (TPSA) is 159 Å². The van der Waals surface area contributed by atoms with Crippen molar-refractivity contribution in [1.29, 1.82) is 0 Å². The number of benzene rings is 1. The maximum absolute atomic E-state index is 11.9. The molecule has 1 amide bonds. The first-order valence-electron chi connectivity index (χ1n) is 7.22.